The average Bonchev–Trinajstić information content (AvgIpc) is 2.99. The van der Waals surface area contributed by atoms with E-state index in [1.165, 1.54) is 0 Å². The Morgan fingerprint density at radius 2 is 1.48 bits per heavy atom. The van der Waals surface area contributed by atoms with Crippen molar-refractivity contribution in [2.45, 2.75) is 6.10 Å². The number of hydrogen-bond donors (Lipinski definition) is 2. The van der Waals surface area contributed by atoms with Gasteiger partial charge in [-0.2, -0.15) is 0 Å². The van der Waals surface area contributed by atoms with Gasteiger partial charge in [0.25, 0.3) is 0 Å². The second-order valence-electron chi connectivity index (χ2n) is 6.01. The predicted molar refractivity (Wildman–Crippen MR) is 97.3 cm³/mol. The molecule has 0 bridgehead atoms. The third-order valence-electron chi connectivity index (χ3n) is 4.54. The number of carboxylic acids is 1. The van der Waals surface area contributed by atoms with Gasteiger partial charge in [0.15, 0.2) is 0 Å². The molecule has 25 heavy (non-hydrogen) atoms. The molecule has 0 saturated carbocycles. The zero-order chi connectivity index (χ0) is 17.4. The molecule has 1 atom stereocenters. The maximum absolute atomic E-state index is 11.8. The molecule has 0 heterocycles. The van der Waals surface area contributed by atoms with Crippen LogP contribution < -0.4 is 0 Å². The highest BCUT2D eigenvalue weighted by Gasteiger charge is 2.25. The van der Waals surface area contributed by atoms with E-state index in [1.54, 1.807) is 18.2 Å². The Labute approximate surface area is 145 Å². The summed E-state index contributed by atoms with van der Waals surface area (Å²) in [6, 6.07) is 22.4. The molecule has 3 aromatic carbocycles. The van der Waals surface area contributed by atoms with E-state index in [2.05, 4.69) is 0 Å². The molecule has 4 rings (SSSR count). The molecule has 0 amide bonds. The number of benzene rings is 3. The summed E-state index contributed by atoms with van der Waals surface area (Å²) < 4.78 is 0. The SMILES string of the molecule is O=C(O)c1cccc(C2=CC(O)c3ccccc32)c1-c1ccccc1. The molecule has 0 fully saturated rings. The van der Waals surface area contributed by atoms with Crippen molar-refractivity contribution < 1.29 is 15.0 Å². The van der Waals surface area contributed by atoms with E-state index in [4.69, 9.17) is 0 Å². The lowest BCUT2D eigenvalue weighted by Gasteiger charge is -2.15. The fourth-order valence-corrected chi connectivity index (χ4v) is 3.44. The first-order valence-electron chi connectivity index (χ1n) is 8.08. The highest BCUT2D eigenvalue weighted by Crippen LogP contribution is 2.42. The van der Waals surface area contributed by atoms with Gasteiger partial charge in [0.1, 0.15) is 0 Å². The molecular formula is C22H16O3. The van der Waals surface area contributed by atoms with Crippen LogP contribution in [0.3, 0.4) is 0 Å². The van der Waals surface area contributed by atoms with E-state index in [0.717, 1.165) is 27.8 Å². The van der Waals surface area contributed by atoms with Crippen molar-refractivity contribution in [2.75, 3.05) is 0 Å². The molecule has 1 unspecified atom stereocenters. The van der Waals surface area contributed by atoms with E-state index in [9.17, 15) is 15.0 Å². The lowest BCUT2D eigenvalue weighted by Crippen LogP contribution is -2.03. The molecule has 0 saturated heterocycles. The summed E-state index contributed by atoms with van der Waals surface area (Å²) in [6.07, 6.45) is 1.11. The van der Waals surface area contributed by atoms with Crippen LogP contribution in [0.5, 0.6) is 0 Å². The minimum Gasteiger partial charge on any atom is -0.478 e. The predicted octanol–water partition coefficient (Wildman–Crippen LogP) is 4.53. The van der Waals surface area contributed by atoms with Crippen molar-refractivity contribution in [1.29, 1.82) is 0 Å². The van der Waals surface area contributed by atoms with Gasteiger partial charge in [-0.15, -0.1) is 0 Å². The molecule has 0 radical (unpaired) electrons. The molecule has 0 aromatic heterocycles. The second-order valence-corrected chi connectivity index (χ2v) is 6.01. The Morgan fingerprint density at radius 1 is 0.800 bits per heavy atom. The van der Waals surface area contributed by atoms with Crippen molar-refractivity contribution in [1.82, 2.24) is 0 Å². The number of carboxylic acid groups (broad SMARTS) is 1. The van der Waals surface area contributed by atoms with Crippen LogP contribution >= 0.6 is 0 Å². The maximum atomic E-state index is 11.8. The van der Waals surface area contributed by atoms with Crippen molar-refractivity contribution in [3.63, 3.8) is 0 Å². The quantitative estimate of drug-likeness (QED) is 0.742. The molecule has 0 spiro atoms. The van der Waals surface area contributed by atoms with Crippen molar-refractivity contribution in [3.05, 3.63) is 101 Å². The molecule has 3 heteroatoms. The normalized spacial score (nSPS) is 15.6. The van der Waals surface area contributed by atoms with Crippen molar-refractivity contribution >= 4 is 11.5 Å². The maximum Gasteiger partial charge on any atom is 0.336 e. The minimum atomic E-state index is -0.965. The molecule has 3 aromatic rings. The van der Waals surface area contributed by atoms with Crippen LogP contribution in [0.2, 0.25) is 0 Å². The Balaban J connectivity index is 2.00. The second kappa shape index (κ2) is 6.04. The topological polar surface area (TPSA) is 57.5 Å². The van der Waals surface area contributed by atoms with E-state index >= 15 is 0 Å². The number of rotatable bonds is 3. The molecule has 3 nitrogen and oxygen atoms in total. The number of aliphatic hydroxyl groups is 1. The highest BCUT2D eigenvalue weighted by molar-refractivity contribution is 6.02. The summed E-state index contributed by atoms with van der Waals surface area (Å²) in [5, 5.41) is 20.0. The fourth-order valence-electron chi connectivity index (χ4n) is 3.44. The highest BCUT2D eigenvalue weighted by atomic mass is 16.4. The first-order valence-corrected chi connectivity index (χ1v) is 8.08. The Kier molecular flexibility index (Phi) is 3.71. The summed E-state index contributed by atoms with van der Waals surface area (Å²) >= 11 is 0. The molecule has 1 aliphatic carbocycles. The van der Waals surface area contributed by atoms with Crippen LogP contribution in [0.4, 0.5) is 0 Å². The summed E-state index contributed by atoms with van der Waals surface area (Å²) in [5.41, 5.74) is 5.23. The van der Waals surface area contributed by atoms with Crippen LogP contribution in [0.1, 0.15) is 33.2 Å². The first kappa shape index (κ1) is 15.4. The molecular weight excluding hydrogens is 312 g/mol. The first-order chi connectivity index (χ1) is 12.2. The van der Waals surface area contributed by atoms with Crippen LogP contribution in [0.25, 0.3) is 16.7 Å². The number of aromatic carboxylic acids is 1. The van der Waals surface area contributed by atoms with E-state index < -0.39 is 12.1 Å². The number of aliphatic hydroxyl groups excluding tert-OH is 1. The Bertz CT molecular complexity index is 987. The lowest BCUT2D eigenvalue weighted by molar-refractivity contribution is 0.0697. The minimum absolute atomic E-state index is 0.253. The van der Waals surface area contributed by atoms with Gasteiger partial charge < -0.3 is 10.2 Å². The monoisotopic (exact) mass is 328 g/mol. The van der Waals surface area contributed by atoms with E-state index in [-0.39, 0.29) is 5.56 Å². The molecule has 0 aliphatic heterocycles. The van der Waals surface area contributed by atoms with E-state index in [0.29, 0.717) is 5.56 Å². The number of hydrogen-bond acceptors (Lipinski definition) is 2. The summed E-state index contributed by atoms with van der Waals surface area (Å²) in [5.74, 6) is -0.965. The smallest absolute Gasteiger partial charge is 0.336 e. The van der Waals surface area contributed by atoms with Gasteiger partial charge in [0.05, 0.1) is 11.7 Å². The van der Waals surface area contributed by atoms with Gasteiger partial charge in [0.2, 0.25) is 0 Å². The van der Waals surface area contributed by atoms with Gasteiger partial charge in [-0.05, 0) is 40.0 Å². The number of carbonyl (C=O) groups is 1. The van der Waals surface area contributed by atoms with Gasteiger partial charge in [-0.1, -0.05) is 66.7 Å². The van der Waals surface area contributed by atoms with Crippen LogP contribution in [0.15, 0.2) is 78.9 Å². The molecule has 1 aliphatic rings. The summed E-state index contributed by atoms with van der Waals surface area (Å²) in [4.78, 5) is 11.8. The zero-order valence-electron chi connectivity index (χ0n) is 13.4. The van der Waals surface area contributed by atoms with Gasteiger partial charge in [-0.3, -0.25) is 0 Å². The van der Waals surface area contributed by atoms with E-state index in [1.807, 2.05) is 60.7 Å². The summed E-state index contributed by atoms with van der Waals surface area (Å²) in [7, 11) is 0. The lowest BCUT2D eigenvalue weighted by atomic mass is 9.88. The number of fused-ring (bicyclic) bond motifs is 1. The Morgan fingerprint density at radius 3 is 2.24 bits per heavy atom. The van der Waals surface area contributed by atoms with Crippen LogP contribution in [-0.2, 0) is 0 Å². The van der Waals surface area contributed by atoms with Gasteiger partial charge in [0, 0.05) is 5.56 Å². The standard InChI is InChI=1S/C22H16O3/c23-20-13-19(15-9-4-5-10-16(15)20)17-11-6-12-18(22(24)25)21(17)14-7-2-1-3-8-14/h1-13,20,23H,(H,24,25). The van der Waals surface area contributed by atoms with Crippen molar-refractivity contribution in [2.24, 2.45) is 0 Å². The van der Waals surface area contributed by atoms with Gasteiger partial charge >= 0.3 is 5.97 Å². The largest absolute Gasteiger partial charge is 0.478 e. The van der Waals surface area contributed by atoms with Crippen molar-refractivity contribution in [3.8, 4) is 11.1 Å². The van der Waals surface area contributed by atoms with Crippen LogP contribution in [-0.4, -0.2) is 16.2 Å². The molecule has 122 valence electrons. The molecule has 2 N–H and O–H groups in total. The Hall–Kier alpha value is -3.17. The third kappa shape index (κ3) is 2.55. The van der Waals surface area contributed by atoms with Gasteiger partial charge in [-0.25, -0.2) is 4.79 Å². The summed E-state index contributed by atoms with van der Waals surface area (Å²) in [6.45, 7) is 0. The third-order valence-corrected chi connectivity index (χ3v) is 4.54. The van der Waals surface area contributed by atoms with Crippen LogP contribution in [0, 0.1) is 0 Å². The zero-order valence-corrected chi connectivity index (χ0v) is 13.4. The average molecular weight is 328 g/mol. The fraction of sp³-hybridized carbons (Fsp3) is 0.0455.